The van der Waals surface area contributed by atoms with Gasteiger partial charge in [0, 0.05) is 13.1 Å². The summed E-state index contributed by atoms with van der Waals surface area (Å²) in [6, 6.07) is 7.74. The molecule has 1 aliphatic rings. The largest absolute Gasteiger partial charge is 0.370 e. The number of nitrogens with zero attached hydrogens (tertiary/aromatic N) is 3. The van der Waals surface area contributed by atoms with Crippen molar-refractivity contribution in [2.45, 2.75) is 20.0 Å². The van der Waals surface area contributed by atoms with Crippen LogP contribution in [-0.2, 0) is 4.74 Å². The first-order chi connectivity index (χ1) is 11.5. The Kier molecular flexibility index (Phi) is 4.69. The summed E-state index contributed by atoms with van der Waals surface area (Å²) >= 11 is 5.84. The molecule has 1 atom stereocenters. The third-order valence-corrected chi connectivity index (χ3v) is 4.33. The molecule has 1 aliphatic heterocycles. The van der Waals surface area contributed by atoms with E-state index in [2.05, 4.69) is 42.2 Å². The van der Waals surface area contributed by atoms with E-state index in [0.717, 1.165) is 5.56 Å². The number of aromatic nitrogens is 2. The molecule has 2 N–H and O–H groups in total. The Morgan fingerprint density at radius 2 is 2.12 bits per heavy atom. The molecule has 0 aliphatic carbocycles. The Hall–Kier alpha value is -2.18. The summed E-state index contributed by atoms with van der Waals surface area (Å²) in [6.45, 7) is 5.84. The van der Waals surface area contributed by atoms with Crippen LogP contribution in [0.5, 0.6) is 0 Å². The maximum absolute atomic E-state index is 11.7. The monoisotopic (exact) mass is 346 g/mol. The third-order valence-electron chi connectivity index (χ3n) is 4.15. The number of halogens is 1. The molecule has 0 spiro atoms. The van der Waals surface area contributed by atoms with Crippen LogP contribution in [0.1, 0.15) is 33.2 Å². The Labute approximate surface area is 145 Å². The molecule has 6 nitrogen and oxygen atoms in total. The molecule has 1 fully saturated rings. The van der Waals surface area contributed by atoms with Gasteiger partial charge in [0.2, 0.25) is 0 Å². The van der Waals surface area contributed by atoms with Gasteiger partial charge in [0.25, 0.3) is 5.91 Å². The van der Waals surface area contributed by atoms with Crippen molar-refractivity contribution in [3.05, 3.63) is 51.7 Å². The molecule has 1 saturated heterocycles. The van der Waals surface area contributed by atoms with Crippen molar-refractivity contribution in [1.29, 1.82) is 0 Å². The van der Waals surface area contributed by atoms with Gasteiger partial charge in [-0.2, -0.15) is 0 Å². The van der Waals surface area contributed by atoms with Crippen LogP contribution in [0.2, 0.25) is 5.15 Å². The van der Waals surface area contributed by atoms with E-state index in [1.807, 2.05) is 4.90 Å². The van der Waals surface area contributed by atoms with Crippen molar-refractivity contribution in [2.75, 3.05) is 24.6 Å². The zero-order valence-electron chi connectivity index (χ0n) is 13.6. The highest BCUT2D eigenvalue weighted by molar-refractivity contribution is 6.29. The number of primary amides is 1. The third kappa shape index (κ3) is 3.34. The molecule has 1 aromatic carbocycles. The van der Waals surface area contributed by atoms with Crippen molar-refractivity contribution >= 4 is 23.3 Å². The molecule has 0 saturated carbocycles. The summed E-state index contributed by atoms with van der Waals surface area (Å²) in [4.78, 5) is 13.7. The Bertz CT molecular complexity index is 781. The van der Waals surface area contributed by atoms with Crippen molar-refractivity contribution in [2.24, 2.45) is 5.73 Å². The van der Waals surface area contributed by atoms with Crippen LogP contribution >= 0.6 is 11.6 Å². The van der Waals surface area contributed by atoms with E-state index in [4.69, 9.17) is 22.1 Å². The van der Waals surface area contributed by atoms with Crippen molar-refractivity contribution in [3.8, 4) is 0 Å². The first-order valence-corrected chi connectivity index (χ1v) is 8.10. The van der Waals surface area contributed by atoms with E-state index in [-0.39, 0.29) is 16.8 Å². The molecule has 2 aromatic rings. The summed E-state index contributed by atoms with van der Waals surface area (Å²) in [7, 11) is 0. The molecule has 2 heterocycles. The minimum absolute atomic E-state index is 0.0995. The lowest BCUT2D eigenvalue weighted by molar-refractivity contribution is 0.0390. The normalized spacial score (nSPS) is 17.8. The van der Waals surface area contributed by atoms with Gasteiger partial charge in [0.05, 0.1) is 12.2 Å². The quantitative estimate of drug-likeness (QED) is 0.923. The molecule has 3 rings (SSSR count). The van der Waals surface area contributed by atoms with E-state index >= 15 is 0 Å². The van der Waals surface area contributed by atoms with Gasteiger partial charge < -0.3 is 15.4 Å². The van der Waals surface area contributed by atoms with Crippen molar-refractivity contribution in [3.63, 3.8) is 0 Å². The number of morpholine rings is 1. The predicted octanol–water partition coefficient (Wildman–Crippen LogP) is 2.42. The van der Waals surface area contributed by atoms with Crippen LogP contribution in [0.25, 0.3) is 0 Å². The lowest BCUT2D eigenvalue weighted by Gasteiger charge is -2.35. The molecule has 0 radical (unpaired) electrons. The maximum atomic E-state index is 11.7. The van der Waals surface area contributed by atoms with Crippen LogP contribution in [0, 0.1) is 13.8 Å². The van der Waals surface area contributed by atoms with Gasteiger partial charge in [-0.15, -0.1) is 10.2 Å². The number of hydrogen-bond acceptors (Lipinski definition) is 5. The van der Waals surface area contributed by atoms with Crippen LogP contribution in [0.15, 0.2) is 24.3 Å². The Morgan fingerprint density at radius 3 is 2.83 bits per heavy atom. The van der Waals surface area contributed by atoms with E-state index in [1.165, 1.54) is 17.2 Å². The van der Waals surface area contributed by atoms with E-state index in [9.17, 15) is 4.79 Å². The molecule has 7 heteroatoms. The summed E-state index contributed by atoms with van der Waals surface area (Å²) in [6.07, 6.45) is -0.0995. The second-order valence-corrected chi connectivity index (χ2v) is 6.32. The second-order valence-electron chi connectivity index (χ2n) is 5.93. The molecule has 0 unspecified atom stereocenters. The number of amides is 1. The molecule has 126 valence electrons. The van der Waals surface area contributed by atoms with Crippen molar-refractivity contribution in [1.82, 2.24) is 10.2 Å². The van der Waals surface area contributed by atoms with Crippen LogP contribution in [-0.4, -0.2) is 35.8 Å². The number of nitrogens with two attached hydrogens (primary N) is 1. The smallest absolute Gasteiger partial charge is 0.252 e. The topological polar surface area (TPSA) is 81.3 Å². The van der Waals surface area contributed by atoms with E-state index in [0.29, 0.717) is 25.5 Å². The lowest BCUT2D eigenvalue weighted by atomic mass is 10.00. The van der Waals surface area contributed by atoms with Gasteiger partial charge in [-0.3, -0.25) is 4.79 Å². The zero-order chi connectivity index (χ0) is 17.3. The molecular formula is C17H19ClN4O2. The zero-order valence-corrected chi connectivity index (χ0v) is 14.4. The fraction of sp³-hybridized carbons (Fsp3) is 0.353. The number of hydrogen-bond donors (Lipinski definition) is 1. The number of anilines is 1. The SMILES string of the molecule is Cc1ccc([C@H]2CN(c3nnc(Cl)cc3C(N)=O)CCO2)c(C)c1. The standard InChI is InChI=1S/C17H19ClN4O2/c1-10-3-4-12(11(2)7-10)14-9-22(5-6-24-14)17-13(16(19)23)8-15(18)20-21-17/h3-4,7-8,14H,5-6,9H2,1-2H3,(H2,19,23)/t14-/m1/s1. The van der Waals surface area contributed by atoms with Gasteiger partial charge in [-0.05, 0) is 31.0 Å². The van der Waals surface area contributed by atoms with Gasteiger partial charge in [0.15, 0.2) is 11.0 Å². The summed E-state index contributed by atoms with van der Waals surface area (Å²) < 4.78 is 5.93. The first kappa shape index (κ1) is 16.7. The summed E-state index contributed by atoms with van der Waals surface area (Å²) in [5, 5.41) is 8.07. The predicted molar refractivity (Wildman–Crippen MR) is 92.4 cm³/mol. The minimum atomic E-state index is -0.573. The molecule has 1 amide bonds. The minimum Gasteiger partial charge on any atom is -0.370 e. The summed E-state index contributed by atoms with van der Waals surface area (Å²) in [5.41, 5.74) is 9.25. The summed E-state index contributed by atoms with van der Waals surface area (Å²) in [5.74, 6) is -0.124. The highest BCUT2D eigenvalue weighted by Crippen LogP contribution is 2.29. The highest BCUT2D eigenvalue weighted by atomic mass is 35.5. The van der Waals surface area contributed by atoms with Gasteiger partial charge in [-0.25, -0.2) is 0 Å². The second kappa shape index (κ2) is 6.75. The van der Waals surface area contributed by atoms with Gasteiger partial charge in [0.1, 0.15) is 6.10 Å². The number of ether oxygens (including phenoxy) is 1. The van der Waals surface area contributed by atoms with E-state index < -0.39 is 5.91 Å². The number of aryl methyl sites for hydroxylation is 2. The number of rotatable bonds is 3. The van der Waals surface area contributed by atoms with Crippen LogP contribution < -0.4 is 10.6 Å². The fourth-order valence-electron chi connectivity index (χ4n) is 2.99. The molecule has 1 aromatic heterocycles. The Balaban J connectivity index is 1.90. The van der Waals surface area contributed by atoms with Crippen molar-refractivity contribution < 1.29 is 9.53 Å². The fourth-order valence-corrected chi connectivity index (χ4v) is 3.14. The lowest BCUT2D eigenvalue weighted by Crippen LogP contribution is -2.40. The van der Waals surface area contributed by atoms with Crippen LogP contribution in [0.3, 0.4) is 0 Å². The van der Waals surface area contributed by atoms with Gasteiger partial charge in [-0.1, -0.05) is 35.4 Å². The maximum Gasteiger partial charge on any atom is 0.252 e. The van der Waals surface area contributed by atoms with E-state index in [1.54, 1.807) is 0 Å². The Morgan fingerprint density at radius 1 is 1.33 bits per heavy atom. The molecule has 0 bridgehead atoms. The number of benzene rings is 1. The average Bonchev–Trinajstić information content (AvgIpc) is 2.55. The highest BCUT2D eigenvalue weighted by Gasteiger charge is 2.27. The number of carbonyl (C=O) groups is 1. The number of carbonyl (C=O) groups excluding carboxylic acids is 1. The first-order valence-electron chi connectivity index (χ1n) is 7.72. The average molecular weight is 347 g/mol. The molecule has 24 heavy (non-hydrogen) atoms. The van der Waals surface area contributed by atoms with Gasteiger partial charge >= 0.3 is 0 Å². The van der Waals surface area contributed by atoms with Crippen LogP contribution in [0.4, 0.5) is 5.82 Å². The molecular weight excluding hydrogens is 328 g/mol.